The molecular weight excluding hydrogens is 229 g/mol. The van der Waals surface area contributed by atoms with E-state index in [1.54, 1.807) is 23.9 Å². The van der Waals surface area contributed by atoms with Gasteiger partial charge in [0.25, 0.3) is 0 Å². The highest BCUT2D eigenvalue weighted by Gasteiger charge is 2.52. The number of nitrogens with zero attached hydrogens (tertiary/aromatic N) is 1. The van der Waals surface area contributed by atoms with Crippen molar-refractivity contribution in [1.82, 2.24) is 4.57 Å². The summed E-state index contributed by atoms with van der Waals surface area (Å²) in [6, 6.07) is 1.61. The van der Waals surface area contributed by atoms with Crippen LogP contribution in [-0.2, 0) is 16.4 Å². The molecule has 0 aliphatic carbocycles. The van der Waals surface area contributed by atoms with Crippen LogP contribution in [-0.4, -0.2) is 22.9 Å². The third-order valence-electron chi connectivity index (χ3n) is 3.98. The van der Waals surface area contributed by atoms with Gasteiger partial charge in [0.15, 0.2) is 0 Å². The van der Waals surface area contributed by atoms with Crippen LogP contribution < -0.4 is 11.0 Å². The van der Waals surface area contributed by atoms with Crippen LogP contribution in [0.4, 0.5) is 0 Å². The lowest BCUT2D eigenvalue weighted by Crippen LogP contribution is -2.41. The first-order valence-electron chi connectivity index (χ1n) is 6.17. The van der Waals surface area contributed by atoms with Crippen LogP contribution in [0, 0.1) is 6.92 Å². The van der Waals surface area contributed by atoms with Gasteiger partial charge in [0.05, 0.1) is 11.2 Å². The van der Waals surface area contributed by atoms with Gasteiger partial charge in [-0.25, -0.2) is 0 Å². The van der Waals surface area contributed by atoms with Crippen molar-refractivity contribution in [2.24, 2.45) is 7.05 Å². The van der Waals surface area contributed by atoms with E-state index >= 15 is 0 Å². The van der Waals surface area contributed by atoms with Gasteiger partial charge in [-0.2, -0.15) is 0 Å². The van der Waals surface area contributed by atoms with Crippen LogP contribution in [0.15, 0.2) is 17.1 Å². The Hall–Kier alpha value is -1.07. The highest BCUT2D eigenvalue weighted by atomic mass is 16.7. The summed E-state index contributed by atoms with van der Waals surface area (Å²) in [4.78, 5) is 11.5. The molecule has 4 nitrogen and oxygen atoms in total. The van der Waals surface area contributed by atoms with Crippen LogP contribution in [0.5, 0.6) is 0 Å². The van der Waals surface area contributed by atoms with Crippen molar-refractivity contribution >= 4 is 12.6 Å². The normalized spacial score (nSPS) is 21.3. The van der Waals surface area contributed by atoms with Crippen molar-refractivity contribution in [2.45, 2.75) is 45.8 Å². The number of aryl methyl sites for hydroxylation is 2. The maximum atomic E-state index is 11.5. The summed E-state index contributed by atoms with van der Waals surface area (Å²) in [6.45, 7) is 9.98. The Bertz CT molecular complexity index is 518. The van der Waals surface area contributed by atoms with E-state index < -0.39 is 7.12 Å². The number of hydrogen-bond acceptors (Lipinski definition) is 3. The molecule has 0 bridgehead atoms. The smallest absolute Gasteiger partial charge is 0.399 e. The van der Waals surface area contributed by atoms with Crippen molar-refractivity contribution in [1.29, 1.82) is 0 Å². The second-order valence-electron chi connectivity index (χ2n) is 5.95. The molecule has 0 radical (unpaired) electrons. The first kappa shape index (κ1) is 13.4. The predicted molar refractivity (Wildman–Crippen MR) is 72.1 cm³/mol. The molecule has 0 N–H and O–H groups in total. The van der Waals surface area contributed by atoms with Gasteiger partial charge in [0.2, 0.25) is 5.56 Å². The molecule has 0 saturated carbocycles. The zero-order valence-electron chi connectivity index (χ0n) is 11.9. The molecule has 1 saturated heterocycles. The Labute approximate surface area is 108 Å². The Balaban J connectivity index is 2.41. The molecule has 1 aliphatic rings. The zero-order valence-corrected chi connectivity index (χ0v) is 11.9. The minimum absolute atomic E-state index is 0.0206. The molecule has 98 valence electrons. The fourth-order valence-electron chi connectivity index (χ4n) is 1.96. The highest BCUT2D eigenvalue weighted by Crippen LogP contribution is 2.36. The molecule has 1 fully saturated rings. The third-order valence-corrected chi connectivity index (χ3v) is 3.98. The Morgan fingerprint density at radius 3 is 2.17 bits per heavy atom. The minimum Gasteiger partial charge on any atom is -0.399 e. The van der Waals surface area contributed by atoms with Crippen LogP contribution >= 0.6 is 0 Å². The van der Waals surface area contributed by atoms with Crippen LogP contribution in [0.2, 0.25) is 0 Å². The quantitative estimate of drug-likeness (QED) is 0.697. The average molecular weight is 249 g/mol. The van der Waals surface area contributed by atoms with E-state index in [0.29, 0.717) is 0 Å². The van der Waals surface area contributed by atoms with Gasteiger partial charge in [-0.15, -0.1) is 0 Å². The van der Waals surface area contributed by atoms with Crippen LogP contribution in [0.3, 0.4) is 0 Å². The molecule has 0 spiro atoms. The minimum atomic E-state index is -0.415. The molecule has 2 heterocycles. The lowest BCUT2D eigenvalue weighted by molar-refractivity contribution is 0.00578. The van der Waals surface area contributed by atoms with Gasteiger partial charge >= 0.3 is 7.12 Å². The van der Waals surface area contributed by atoms with E-state index in [2.05, 4.69) is 0 Å². The summed E-state index contributed by atoms with van der Waals surface area (Å²) in [5, 5.41) is 0. The Morgan fingerprint density at radius 2 is 1.67 bits per heavy atom. The van der Waals surface area contributed by atoms with Gasteiger partial charge in [0.1, 0.15) is 0 Å². The molecule has 18 heavy (non-hydrogen) atoms. The van der Waals surface area contributed by atoms with Crippen molar-refractivity contribution in [2.75, 3.05) is 0 Å². The molecule has 1 aromatic rings. The van der Waals surface area contributed by atoms with E-state index in [0.717, 1.165) is 11.0 Å². The topological polar surface area (TPSA) is 40.5 Å². The van der Waals surface area contributed by atoms with Gasteiger partial charge in [-0.1, -0.05) is 0 Å². The summed E-state index contributed by atoms with van der Waals surface area (Å²) >= 11 is 0. The molecule has 1 aromatic heterocycles. The van der Waals surface area contributed by atoms with E-state index in [-0.39, 0.29) is 16.8 Å². The Kier molecular flexibility index (Phi) is 2.95. The second kappa shape index (κ2) is 3.97. The number of pyridine rings is 1. The highest BCUT2D eigenvalue weighted by molar-refractivity contribution is 6.62. The van der Waals surface area contributed by atoms with Crippen molar-refractivity contribution < 1.29 is 9.31 Å². The van der Waals surface area contributed by atoms with E-state index in [4.69, 9.17) is 9.31 Å². The second-order valence-corrected chi connectivity index (χ2v) is 5.95. The summed E-state index contributed by atoms with van der Waals surface area (Å²) < 4.78 is 13.5. The molecule has 0 aromatic carbocycles. The van der Waals surface area contributed by atoms with Crippen molar-refractivity contribution in [3.63, 3.8) is 0 Å². The van der Waals surface area contributed by atoms with E-state index in [1.165, 1.54) is 0 Å². The van der Waals surface area contributed by atoms with E-state index in [9.17, 15) is 4.79 Å². The van der Waals surface area contributed by atoms with E-state index in [1.807, 2.05) is 34.6 Å². The standard InChI is InChI=1S/C13H20BNO3/c1-9-7-11(16)15(6)8-10(9)14-17-12(2,3)13(4,5)18-14/h7-8H,1-6H3. The largest absolute Gasteiger partial charge is 0.496 e. The molecule has 0 atom stereocenters. The Morgan fingerprint density at radius 1 is 1.17 bits per heavy atom. The number of hydrogen-bond donors (Lipinski definition) is 0. The first-order chi connectivity index (χ1) is 8.14. The average Bonchev–Trinajstić information content (AvgIpc) is 2.42. The maximum absolute atomic E-state index is 11.5. The zero-order chi connectivity index (χ0) is 13.7. The SMILES string of the molecule is Cc1cc(=O)n(C)cc1B1OC(C)(C)C(C)(C)O1. The van der Waals surface area contributed by atoms with Crippen molar-refractivity contribution in [3.05, 3.63) is 28.2 Å². The number of rotatable bonds is 1. The summed E-state index contributed by atoms with van der Waals surface area (Å²) in [7, 11) is 1.32. The fourth-order valence-corrected chi connectivity index (χ4v) is 1.96. The van der Waals surface area contributed by atoms with Gasteiger partial charge < -0.3 is 13.9 Å². The summed E-state index contributed by atoms with van der Waals surface area (Å²) in [6.07, 6.45) is 1.79. The maximum Gasteiger partial charge on any atom is 0.496 e. The lowest BCUT2D eigenvalue weighted by Gasteiger charge is -2.32. The third kappa shape index (κ3) is 2.02. The fraction of sp³-hybridized carbons (Fsp3) is 0.615. The molecule has 2 rings (SSSR count). The van der Waals surface area contributed by atoms with Gasteiger partial charge in [0, 0.05) is 24.8 Å². The lowest BCUT2D eigenvalue weighted by atomic mass is 9.77. The van der Waals surface area contributed by atoms with Crippen LogP contribution in [0.1, 0.15) is 33.3 Å². The van der Waals surface area contributed by atoms with Crippen LogP contribution in [0.25, 0.3) is 0 Å². The predicted octanol–water partition coefficient (Wildman–Crippen LogP) is 0.993. The van der Waals surface area contributed by atoms with Crippen molar-refractivity contribution in [3.8, 4) is 0 Å². The number of aromatic nitrogens is 1. The summed E-state index contributed by atoms with van der Waals surface area (Å²) in [5.41, 5.74) is 1.07. The van der Waals surface area contributed by atoms with Gasteiger partial charge in [-0.05, 0) is 40.2 Å². The first-order valence-corrected chi connectivity index (χ1v) is 6.17. The molecular formula is C13H20BNO3. The monoisotopic (exact) mass is 249 g/mol. The summed E-state index contributed by atoms with van der Waals surface area (Å²) in [5.74, 6) is 0. The molecule has 0 amide bonds. The van der Waals surface area contributed by atoms with Gasteiger partial charge in [-0.3, -0.25) is 4.79 Å². The molecule has 1 aliphatic heterocycles. The molecule has 0 unspecified atom stereocenters. The molecule has 5 heteroatoms.